The minimum absolute atomic E-state index is 0. The molecule has 0 fully saturated rings. The zero-order valence-electron chi connectivity index (χ0n) is 16.2. The third-order valence-electron chi connectivity index (χ3n) is 3.73. The highest BCUT2D eigenvalue weighted by atomic mass is 127. The molecule has 0 radical (unpaired) electrons. The molecule has 2 rings (SSSR count). The summed E-state index contributed by atoms with van der Waals surface area (Å²) in [4.78, 5) is 4.03. The van der Waals surface area contributed by atoms with Crippen LogP contribution in [0.1, 0.15) is 23.7 Å². The van der Waals surface area contributed by atoms with Gasteiger partial charge in [0.25, 0.3) is 0 Å². The number of rotatable bonds is 6. The van der Waals surface area contributed by atoms with E-state index in [4.69, 9.17) is 4.74 Å². The van der Waals surface area contributed by atoms with E-state index in [0.29, 0.717) is 12.5 Å². The number of hydrogen-bond donors (Lipinski definition) is 2. The lowest BCUT2D eigenvalue weighted by atomic mass is 10.2. The minimum atomic E-state index is -4.49. The van der Waals surface area contributed by atoms with E-state index in [1.54, 1.807) is 7.05 Å². The van der Waals surface area contributed by atoms with Gasteiger partial charge in [0.15, 0.2) is 11.7 Å². The third-order valence-corrected chi connectivity index (χ3v) is 3.73. The second kappa shape index (κ2) is 10.5. The summed E-state index contributed by atoms with van der Waals surface area (Å²) >= 11 is 0. The predicted molar refractivity (Wildman–Crippen MR) is 113 cm³/mol. The van der Waals surface area contributed by atoms with Crippen LogP contribution >= 0.6 is 24.0 Å². The highest BCUT2D eigenvalue weighted by molar-refractivity contribution is 14.0. The molecule has 2 aromatic rings. The van der Waals surface area contributed by atoms with Gasteiger partial charge in [-0.05, 0) is 31.5 Å². The van der Waals surface area contributed by atoms with Gasteiger partial charge in [0.2, 0.25) is 0 Å². The number of alkyl halides is 3. The first kappa shape index (κ1) is 24.1. The van der Waals surface area contributed by atoms with E-state index in [-0.39, 0.29) is 42.2 Å². The van der Waals surface area contributed by atoms with Gasteiger partial charge in [0.1, 0.15) is 11.9 Å². The standard InChI is InChI=1S/C18H24F3N5O.HI/c1-12-6-5-7-15(8-12)27-13(2)9-23-17(22-3)24-10-14-11-26(4)25-16(14)18(19,20)21;/h5-8,11,13H,9-10H2,1-4H3,(H2,22,23,24);1H. The molecule has 2 N–H and O–H groups in total. The van der Waals surface area contributed by atoms with E-state index in [0.717, 1.165) is 16.0 Å². The predicted octanol–water partition coefficient (Wildman–Crippen LogP) is 3.50. The summed E-state index contributed by atoms with van der Waals surface area (Å²) in [5.41, 5.74) is 0.253. The van der Waals surface area contributed by atoms with E-state index in [9.17, 15) is 13.2 Å². The molecule has 6 nitrogen and oxygen atoms in total. The topological polar surface area (TPSA) is 63.5 Å². The van der Waals surface area contributed by atoms with Gasteiger partial charge in [0.05, 0.1) is 6.54 Å². The summed E-state index contributed by atoms with van der Waals surface area (Å²) in [6.07, 6.45) is -3.31. The van der Waals surface area contributed by atoms with Gasteiger partial charge in [0, 0.05) is 32.4 Å². The molecule has 0 bridgehead atoms. The van der Waals surface area contributed by atoms with Gasteiger partial charge in [-0.15, -0.1) is 24.0 Å². The molecule has 1 aromatic heterocycles. The van der Waals surface area contributed by atoms with Crippen molar-refractivity contribution in [3.63, 3.8) is 0 Å². The molecule has 0 amide bonds. The number of nitrogens with one attached hydrogen (secondary N) is 2. The zero-order valence-corrected chi connectivity index (χ0v) is 18.5. The number of ether oxygens (including phenoxy) is 1. The molecule has 0 saturated carbocycles. The molecule has 0 spiro atoms. The van der Waals surface area contributed by atoms with Crippen LogP contribution in [-0.2, 0) is 19.8 Å². The summed E-state index contributed by atoms with van der Waals surface area (Å²) in [5, 5.41) is 9.40. The van der Waals surface area contributed by atoms with Crippen molar-refractivity contribution in [2.75, 3.05) is 13.6 Å². The van der Waals surface area contributed by atoms with Gasteiger partial charge < -0.3 is 15.4 Å². The van der Waals surface area contributed by atoms with Crippen LogP contribution in [0.15, 0.2) is 35.5 Å². The molecule has 0 saturated heterocycles. The monoisotopic (exact) mass is 511 g/mol. The van der Waals surface area contributed by atoms with Crippen molar-refractivity contribution < 1.29 is 17.9 Å². The fourth-order valence-corrected chi connectivity index (χ4v) is 2.51. The smallest absolute Gasteiger partial charge is 0.435 e. The SMILES string of the molecule is CN=C(NCc1cn(C)nc1C(F)(F)F)NCC(C)Oc1cccc(C)c1.I. The van der Waals surface area contributed by atoms with Crippen LogP contribution in [0, 0.1) is 6.92 Å². The van der Waals surface area contributed by atoms with E-state index >= 15 is 0 Å². The normalized spacial score (nSPS) is 12.9. The van der Waals surface area contributed by atoms with Crippen molar-refractivity contribution in [2.24, 2.45) is 12.0 Å². The molecule has 10 heteroatoms. The molecule has 156 valence electrons. The first-order valence-corrected chi connectivity index (χ1v) is 8.46. The Morgan fingerprint density at radius 3 is 2.64 bits per heavy atom. The number of guanidine groups is 1. The van der Waals surface area contributed by atoms with Crippen LogP contribution in [-0.4, -0.2) is 35.4 Å². The fourth-order valence-electron chi connectivity index (χ4n) is 2.51. The third kappa shape index (κ3) is 7.21. The Kier molecular flexibility index (Phi) is 9.05. The summed E-state index contributed by atoms with van der Waals surface area (Å²) in [5.74, 6) is 1.14. The van der Waals surface area contributed by atoms with Crippen LogP contribution in [0.2, 0.25) is 0 Å². The van der Waals surface area contributed by atoms with Crippen molar-refractivity contribution in [2.45, 2.75) is 32.7 Å². The second-order valence-electron chi connectivity index (χ2n) is 6.23. The van der Waals surface area contributed by atoms with E-state index in [1.165, 1.54) is 13.2 Å². The molecule has 0 aliphatic carbocycles. The number of aryl methyl sites for hydroxylation is 2. The number of halogens is 4. The van der Waals surface area contributed by atoms with Gasteiger partial charge in [-0.2, -0.15) is 18.3 Å². The van der Waals surface area contributed by atoms with Crippen LogP contribution in [0.3, 0.4) is 0 Å². The van der Waals surface area contributed by atoms with Crippen molar-refractivity contribution in [1.29, 1.82) is 0 Å². The summed E-state index contributed by atoms with van der Waals surface area (Å²) in [7, 11) is 3.01. The molecule has 1 aromatic carbocycles. The summed E-state index contributed by atoms with van der Waals surface area (Å²) in [6, 6.07) is 7.70. The van der Waals surface area contributed by atoms with Gasteiger partial charge in [-0.3, -0.25) is 9.67 Å². The first-order valence-electron chi connectivity index (χ1n) is 8.46. The molecule has 1 heterocycles. The average molecular weight is 511 g/mol. The van der Waals surface area contributed by atoms with Crippen molar-refractivity contribution in [3.05, 3.63) is 47.3 Å². The van der Waals surface area contributed by atoms with E-state index in [2.05, 4.69) is 20.7 Å². The lowest BCUT2D eigenvalue weighted by Crippen LogP contribution is -2.41. The highest BCUT2D eigenvalue weighted by Gasteiger charge is 2.36. The largest absolute Gasteiger partial charge is 0.489 e. The van der Waals surface area contributed by atoms with E-state index in [1.807, 2.05) is 38.1 Å². The van der Waals surface area contributed by atoms with Crippen LogP contribution in [0.4, 0.5) is 13.2 Å². The molecule has 0 aliphatic heterocycles. The number of nitrogens with zero attached hydrogens (tertiary/aromatic N) is 3. The molecular formula is C18H25F3IN5O. The number of aromatic nitrogens is 2. The molecular weight excluding hydrogens is 486 g/mol. The number of aliphatic imine (C=N–C) groups is 1. The Hall–Kier alpha value is -1.98. The van der Waals surface area contributed by atoms with Crippen molar-refractivity contribution in [3.8, 4) is 5.75 Å². The quantitative estimate of drug-likeness (QED) is 0.354. The molecule has 1 atom stereocenters. The lowest BCUT2D eigenvalue weighted by Gasteiger charge is -2.18. The Morgan fingerprint density at radius 1 is 1.32 bits per heavy atom. The Balaban J connectivity index is 0.00000392. The van der Waals surface area contributed by atoms with Gasteiger partial charge >= 0.3 is 6.18 Å². The Morgan fingerprint density at radius 2 is 2.04 bits per heavy atom. The maximum atomic E-state index is 13.0. The van der Waals surface area contributed by atoms with Crippen molar-refractivity contribution in [1.82, 2.24) is 20.4 Å². The lowest BCUT2D eigenvalue weighted by molar-refractivity contribution is -0.142. The first-order chi connectivity index (χ1) is 12.7. The maximum absolute atomic E-state index is 13.0. The fraction of sp³-hybridized carbons (Fsp3) is 0.444. The number of hydrogen-bond acceptors (Lipinski definition) is 3. The van der Waals surface area contributed by atoms with Crippen LogP contribution in [0.25, 0.3) is 0 Å². The summed E-state index contributed by atoms with van der Waals surface area (Å²) < 4.78 is 45.9. The van der Waals surface area contributed by atoms with Gasteiger partial charge in [-0.1, -0.05) is 12.1 Å². The zero-order chi connectivity index (χ0) is 20.0. The Labute approximate surface area is 179 Å². The summed E-state index contributed by atoms with van der Waals surface area (Å²) in [6.45, 7) is 4.27. The number of benzene rings is 1. The van der Waals surface area contributed by atoms with E-state index < -0.39 is 11.9 Å². The van der Waals surface area contributed by atoms with Crippen LogP contribution < -0.4 is 15.4 Å². The molecule has 0 aliphatic rings. The second-order valence-corrected chi connectivity index (χ2v) is 6.23. The minimum Gasteiger partial charge on any atom is -0.489 e. The Bertz CT molecular complexity index is 792. The molecule has 1 unspecified atom stereocenters. The van der Waals surface area contributed by atoms with Crippen molar-refractivity contribution >= 4 is 29.9 Å². The van der Waals surface area contributed by atoms with Crippen LogP contribution in [0.5, 0.6) is 5.75 Å². The average Bonchev–Trinajstić information content (AvgIpc) is 2.96. The van der Waals surface area contributed by atoms with Gasteiger partial charge in [-0.25, -0.2) is 0 Å². The maximum Gasteiger partial charge on any atom is 0.435 e. The highest BCUT2D eigenvalue weighted by Crippen LogP contribution is 2.30. The molecule has 28 heavy (non-hydrogen) atoms.